The Morgan fingerprint density at radius 3 is 2.62 bits per heavy atom. The van der Waals surface area contributed by atoms with Gasteiger partial charge in [0.15, 0.2) is 10.9 Å². The summed E-state index contributed by atoms with van der Waals surface area (Å²) in [7, 11) is 0. The molecule has 2 aromatic carbocycles. The number of rotatable bonds is 6. The lowest BCUT2D eigenvalue weighted by molar-refractivity contribution is -0.384. The number of aromatic nitrogens is 3. The Bertz CT molecular complexity index is 1870. The summed E-state index contributed by atoms with van der Waals surface area (Å²) in [5.74, 6) is -1.54. The number of ether oxygens (including phenoxy) is 1. The molecule has 6 rings (SSSR count). The van der Waals surface area contributed by atoms with Gasteiger partial charge in [0.1, 0.15) is 17.1 Å². The molecule has 12 heteroatoms. The molecule has 1 aliphatic rings. The summed E-state index contributed by atoms with van der Waals surface area (Å²) in [6, 6.07) is 15.1. The lowest BCUT2D eigenvalue weighted by Crippen LogP contribution is -2.29. The van der Waals surface area contributed by atoms with Gasteiger partial charge in [0.2, 0.25) is 0 Å². The number of anilines is 1. The maximum absolute atomic E-state index is 13.6. The molecule has 11 nitrogen and oxygen atoms in total. The zero-order valence-corrected chi connectivity index (χ0v) is 22.1. The molecule has 200 valence electrons. The van der Waals surface area contributed by atoms with Gasteiger partial charge >= 0.3 is 5.91 Å². The van der Waals surface area contributed by atoms with Gasteiger partial charge in [-0.15, -0.1) is 0 Å². The van der Waals surface area contributed by atoms with Crippen LogP contribution in [0.2, 0.25) is 0 Å². The first kappa shape index (κ1) is 25.2. The summed E-state index contributed by atoms with van der Waals surface area (Å²) >= 11 is 1.20. The van der Waals surface area contributed by atoms with E-state index in [4.69, 9.17) is 4.74 Å². The van der Waals surface area contributed by atoms with Gasteiger partial charge in [0, 0.05) is 18.3 Å². The molecular weight excluding hydrogens is 534 g/mol. The SMILES string of the molecule is CCOc1ccc2nc(N3C(=O)C(=O)C(=C(O)c4c(C)nc5ccccn45)C3c3ccc([N+](=O)[O-])cc3)sc2c1. The number of ketones is 1. The molecule has 5 aromatic rings. The largest absolute Gasteiger partial charge is 0.505 e. The van der Waals surface area contributed by atoms with E-state index in [1.807, 2.05) is 6.92 Å². The number of nitro benzene ring substituents is 1. The van der Waals surface area contributed by atoms with Crippen LogP contribution in [0.4, 0.5) is 10.8 Å². The number of non-ortho nitro benzene ring substituents is 1. The Labute approximate surface area is 230 Å². The number of hydrogen-bond acceptors (Lipinski definition) is 9. The third kappa shape index (κ3) is 3.96. The number of thiazole rings is 1. The monoisotopic (exact) mass is 555 g/mol. The molecule has 1 fully saturated rings. The number of Topliss-reactive ketones (excluding diaryl/α,β-unsaturated/α-hetero) is 1. The number of nitrogens with zero attached hydrogens (tertiary/aromatic N) is 5. The molecule has 1 unspecified atom stereocenters. The van der Waals surface area contributed by atoms with Crippen LogP contribution < -0.4 is 9.64 Å². The van der Waals surface area contributed by atoms with Gasteiger partial charge in [-0.3, -0.25) is 29.0 Å². The molecule has 3 aromatic heterocycles. The predicted octanol–water partition coefficient (Wildman–Crippen LogP) is 5.19. The van der Waals surface area contributed by atoms with Crippen LogP contribution in [0.1, 0.15) is 29.9 Å². The number of amides is 1. The van der Waals surface area contributed by atoms with Crippen LogP contribution in [0, 0.1) is 17.0 Å². The van der Waals surface area contributed by atoms with Crippen molar-refractivity contribution >= 4 is 55.5 Å². The van der Waals surface area contributed by atoms with Crippen LogP contribution in [0.5, 0.6) is 5.75 Å². The number of pyridine rings is 1. The molecule has 1 N–H and O–H groups in total. The molecule has 40 heavy (non-hydrogen) atoms. The maximum atomic E-state index is 13.6. The van der Waals surface area contributed by atoms with E-state index in [0.717, 1.165) is 4.70 Å². The predicted molar refractivity (Wildman–Crippen MR) is 149 cm³/mol. The molecule has 1 saturated heterocycles. The lowest BCUT2D eigenvalue weighted by Gasteiger charge is -2.22. The van der Waals surface area contributed by atoms with Crippen molar-refractivity contribution in [3.63, 3.8) is 0 Å². The van der Waals surface area contributed by atoms with E-state index in [9.17, 15) is 24.8 Å². The summed E-state index contributed by atoms with van der Waals surface area (Å²) in [6.07, 6.45) is 1.70. The average Bonchev–Trinajstić information content (AvgIpc) is 3.59. The number of imidazole rings is 1. The van der Waals surface area contributed by atoms with E-state index < -0.39 is 28.4 Å². The third-order valence-corrected chi connectivity index (χ3v) is 7.68. The van der Waals surface area contributed by atoms with Gasteiger partial charge in [-0.25, -0.2) is 9.97 Å². The first-order chi connectivity index (χ1) is 19.3. The maximum Gasteiger partial charge on any atom is 0.301 e. The van der Waals surface area contributed by atoms with Crippen molar-refractivity contribution in [3.8, 4) is 5.75 Å². The fraction of sp³-hybridized carbons (Fsp3) is 0.143. The van der Waals surface area contributed by atoms with Crippen molar-refractivity contribution in [3.05, 3.63) is 99.5 Å². The number of hydrogen-bond donors (Lipinski definition) is 1. The first-order valence-electron chi connectivity index (χ1n) is 12.3. The van der Waals surface area contributed by atoms with Gasteiger partial charge in [-0.1, -0.05) is 17.4 Å². The first-order valence-corrected chi connectivity index (χ1v) is 13.1. The highest BCUT2D eigenvalue weighted by molar-refractivity contribution is 7.22. The number of carbonyl (C=O) groups is 2. The van der Waals surface area contributed by atoms with Crippen LogP contribution in [0.25, 0.3) is 21.6 Å². The van der Waals surface area contributed by atoms with Gasteiger partial charge in [-0.05, 0) is 61.9 Å². The quantitative estimate of drug-likeness (QED) is 0.0993. The van der Waals surface area contributed by atoms with Crippen LogP contribution >= 0.6 is 11.3 Å². The second kappa shape index (κ2) is 9.58. The summed E-state index contributed by atoms with van der Waals surface area (Å²) in [5, 5.41) is 23.2. The molecular formula is C28H21N5O6S. The number of benzene rings is 2. The van der Waals surface area contributed by atoms with E-state index >= 15 is 0 Å². The van der Waals surface area contributed by atoms with Crippen LogP contribution in [0.3, 0.4) is 0 Å². The van der Waals surface area contributed by atoms with E-state index in [2.05, 4.69) is 9.97 Å². The number of nitro groups is 1. The zero-order valence-electron chi connectivity index (χ0n) is 21.3. The highest BCUT2D eigenvalue weighted by Crippen LogP contribution is 2.45. The van der Waals surface area contributed by atoms with Crippen molar-refractivity contribution < 1.29 is 24.4 Å². The summed E-state index contributed by atoms with van der Waals surface area (Å²) in [5.41, 5.74) is 1.96. The lowest BCUT2D eigenvalue weighted by atomic mass is 9.96. The number of fused-ring (bicyclic) bond motifs is 2. The minimum absolute atomic E-state index is 0.151. The zero-order chi connectivity index (χ0) is 28.1. The molecule has 0 radical (unpaired) electrons. The second-order valence-electron chi connectivity index (χ2n) is 9.05. The second-order valence-corrected chi connectivity index (χ2v) is 10.1. The van der Waals surface area contributed by atoms with E-state index in [0.29, 0.717) is 34.8 Å². The van der Waals surface area contributed by atoms with Crippen molar-refractivity contribution in [1.29, 1.82) is 0 Å². The van der Waals surface area contributed by atoms with E-state index in [1.165, 1.54) is 40.5 Å². The Hall–Kier alpha value is -5.10. The molecule has 1 atom stereocenters. The minimum atomic E-state index is -1.10. The molecule has 0 aliphatic carbocycles. The summed E-state index contributed by atoms with van der Waals surface area (Å²) < 4.78 is 7.96. The molecule has 1 amide bonds. The Morgan fingerprint density at radius 1 is 1.12 bits per heavy atom. The highest BCUT2D eigenvalue weighted by Gasteiger charge is 2.48. The number of carbonyl (C=O) groups excluding carboxylic acids is 2. The average molecular weight is 556 g/mol. The molecule has 0 bridgehead atoms. The number of aryl methyl sites for hydroxylation is 1. The topological polar surface area (TPSA) is 140 Å². The molecule has 0 saturated carbocycles. The van der Waals surface area contributed by atoms with Crippen LogP contribution in [0.15, 0.2) is 72.4 Å². The van der Waals surface area contributed by atoms with E-state index in [-0.39, 0.29) is 22.1 Å². The molecule has 0 spiro atoms. The van der Waals surface area contributed by atoms with Crippen LogP contribution in [-0.4, -0.2) is 42.7 Å². The smallest absolute Gasteiger partial charge is 0.301 e. The van der Waals surface area contributed by atoms with Crippen molar-refractivity contribution in [2.45, 2.75) is 19.9 Å². The minimum Gasteiger partial charge on any atom is -0.505 e. The number of aliphatic hydroxyl groups is 1. The van der Waals surface area contributed by atoms with Crippen LogP contribution in [-0.2, 0) is 9.59 Å². The fourth-order valence-corrected chi connectivity index (χ4v) is 5.92. The summed E-state index contributed by atoms with van der Waals surface area (Å²) in [4.78, 5) is 48.3. The van der Waals surface area contributed by atoms with Gasteiger partial charge in [0.05, 0.1) is 39.1 Å². The third-order valence-electron chi connectivity index (χ3n) is 6.66. The highest BCUT2D eigenvalue weighted by atomic mass is 32.1. The Balaban J connectivity index is 1.57. The van der Waals surface area contributed by atoms with Gasteiger partial charge in [0.25, 0.3) is 11.5 Å². The van der Waals surface area contributed by atoms with Crippen molar-refractivity contribution in [2.24, 2.45) is 0 Å². The van der Waals surface area contributed by atoms with Gasteiger partial charge in [-0.2, -0.15) is 0 Å². The van der Waals surface area contributed by atoms with Crippen molar-refractivity contribution in [1.82, 2.24) is 14.4 Å². The van der Waals surface area contributed by atoms with Gasteiger partial charge < -0.3 is 9.84 Å². The van der Waals surface area contributed by atoms with Crippen molar-refractivity contribution in [2.75, 3.05) is 11.5 Å². The number of aliphatic hydroxyl groups excluding tert-OH is 1. The molecule has 1 aliphatic heterocycles. The molecule has 4 heterocycles. The Kier molecular flexibility index (Phi) is 6.03. The normalized spacial score (nSPS) is 16.8. The Morgan fingerprint density at radius 2 is 1.90 bits per heavy atom. The van der Waals surface area contributed by atoms with E-state index in [1.54, 1.807) is 53.9 Å². The standard InChI is InChI=1S/C28H21N5O6S/c1-3-39-18-11-12-19-20(14-18)40-28(30-19)32-24(16-7-9-17(10-8-16)33(37)38)22(26(35)27(32)36)25(34)23-15(2)29-21-6-4-5-13-31(21)23/h4-14,24,34H,3H2,1-2H3. The fourth-order valence-electron chi connectivity index (χ4n) is 4.90. The summed E-state index contributed by atoms with van der Waals surface area (Å²) in [6.45, 7) is 4.05.